The average molecular weight is 196 g/mol. The van der Waals surface area contributed by atoms with E-state index < -0.39 is 0 Å². The van der Waals surface area contributed by atoms with Gasteiger partial charge in [0.2, 0.25) is 6.08 Å². The third kappa shape index (κ3) is 3.41. The largest absolute Gasteiger partial charge is 0.235 e. The molecule has 0 saturated carbocycles. The molecule has 0 heterocycles. The van der Waals surface area contributed by atoms with Gasteiger partial charge < -0.3 is 0 Å². The molecule has 1 atom stereocenters. The summed E-state index contributed by atoms with van der Waals surface area (Å²) >= 11 is 5.80. The lowest BCUT2D eigenvalue weighted by Crippen LogP contribution is -2.01. The number of nitrogens with zero attached hydrogens (tertiary/aromatic N) is 1. The molecule has 0 aliphatic rings. The quantitative estimate of drug-likeness (QED) is 0.539. The van der Waals surface area contributed by atoms with Crippen molar-refractivity contribution in [3.8, 4) is 0 Å². The van der Waals surface area contributed by atoms with Crippen LogP contribution in [0.1, 0.15) is 12.5 Å². The number of carbonyl (C=O) groups excluding carboxylic acids is 1. The second-order valence-electron chi connectivity index (χ2n) is 2.90. The van der Waals surface area contributed by atoms with Crippen molar-refractivity contribution in [2.45, 2.75) is 19.4 Å². The highest BCUT2D eigenvalue weighted by atomic mass is 35.5. The van der Waals surface area contributed by atoms with Crippen molar-refractivity contribution >= 4 is 17.7 Å². The maximum absolute atomic E-state index is 9.95. The molecule has 0 radical (unpaired) electrons. The Morgan fingerprint density at radius 1 is 1.62 bits per heavy atom. The predicted octanol–water partition coefficient (Wildman–Crippen LogP) is 2.61. The maximum Gasteiger partial charge on any atom is 0.235 e. The van der Waals surface area contributed by atoms with Gasteiger partial charge in [0.25, 0.3) is 0 Å². The van der Waals surface area contributed by atoms with Gasteiger partial charge in [0.1, 0.15) is 0 Å². The Balaban J connectivity index is 2.68. The monoisotopic (exact) mass is 195 g/mol. The molecule has 0 saturated heterocycles. The van der Waals surface area contributed by atoms with Crippen LogP contribution in [0.2, 0.25) is 5.02 Å². The third-order valence-corrected chi connectivity index (χ3v) is 1.93. The standard InChI is InChI=1S/C10H10ClNO/c1-8(12-7-13)5-9-3-2-4-10(11)6-9/h2-4,6,8H,5H2,1H3. The smallest absolute Gasteiger partial charge is 0.211 e. The van der Waals surface area contributed by atoms with Gasteiger partial charge in [-0.15, -0.1) is 0 Å². The third-order valence-electron chi connectivity index (χ3n) is 1.69. The predicted molar refractivity (Wildman–Crippen MR) is 52.7 cm³/mol. The Morgan fingerprint density at radius 3 is 3.00 bits per heavy atom. The SMILES string of the molecule is CC(Cc1cccc(Cl)c1)N=C=O. The van der Waals surface area contributed by atoms with Crippen molar-refractivity contribution < 1.29 is 4.79 Å². The second-order valence-corrected chi connectivity index (χ2v) is 3.34. The van der Waals surface area contributed by atoms with Gasteiger partial charge in [0, 0.05) is 5.02 Å². The van der Waals surface area contributed by atoms with Gasteiger partial charge in [0.05, 0.1) is 6.04 Å². The van der Waals surface area contributed by atoms with Crippen LogP contribution in [0.4, 0.5) is 0 Å². The Morgan fingerprint density at radius 2 is 2.38 bits per heavy atom. The lowest BCUT2D eigenvalue weighted by molar-refractivity contribution is 0.558. The van der Waals surface area contributed by atoms with Crippen molar-refractivity contribution in [2.75, 3.05) is 0 Å². The second kappa shape index (κ2) is 4.80. The van der Waals surface area contributed by atoms with E-state index in [2.05, 4.69) is 4.99 Å². The number of halogens is 1. The van der Waals surface area contributed by atoms with Crippen LogP contribution >= 0.6 is 11.6 Å². The van der Waals surface area contributed by atoms with Crippen LogP contribution < -0.4 is 0 Å². The summed E-state index contributed by atoms with van der Waals surface area (Å²) in [5.74, 6) is 0. The number of hydrogen-bond acceptors (Lipinski definition) is 2. The van der Waals surface area contributed by atoms with Gasteiger partial charge >= 0.3 is 0 Å². The Bertz CT molecular complexity index is 331. The number of aliphatic imine (C=N–C) groups is 1. The molecule has 3 heteroatoms. The van der Waals surface area contributed by atoms with Crippen LogP contribution in [0, 0.1) is 0 Å². The lowest BCUT2D eigenvalue weighted by Gasteiger charge is -2.03. The molecule has 0 amide bonds. The van der Waals surface area contributed by atoms with Crippen molar-refractivity contribution in [1.29, 1.82) is 0 Å². The van der Waals surface area contributed by atoms with E-state index in [0.29, 0.717) is 5.02 Å². The van der Waals surface area contributed by atoms with Gasteiger partial charge in [-0.25, -0.2) is 9.79 Å². The number of isocyanates is 1. The summed E-state index contributed by atoms with van der Waals surface area (Å²) in [5, 5.41) is 0.708. The van der Waals surface area contributed by atoms with Gasteiger partial charge in [-0.1, -0.05) is 23.7 Å². The van der Waals surface area contributed by atoms with Crippen LogP contribution in [0.5, 0.6) is 0 Å². The van der Waals surface area contributed by atoms with E-state index >= 15 is 0 Å². The fraction of sp³-hybridized carbons (Fsp3) is 0.300. The van der Waals surface area contributed by atoms with E-state index in [1.807, 2.05) is 31.2 Å². The highest BCUT2D eigenvalue weighted by molar-refractivity contribution is 6.30. The fourth-order valence-corrected chi connectivity index (χ4v) is 1.35. The molecule has 2 nitrogen and oxygen atoms in total. The first kappa shape index (κ1) is 9.97. The van der Waals surface area contributed by atoms with Gasteiger partial charge in [-0.05, 0) is 31.0 Å². The van der Waals surface area contributed by atoms with E-state index in [1.165, 1.54) is 0 Å². The molecule has 0 aromatic heterocycles. The Labute approximate surface area is 82.3 Å². The maximum atomic E-state index is 9.95. The molecule has 0 fully saturated rings. The zero-order chi connectivity index (χ0) is 9.68. The molecule has 68 valence electrons. The molecule has 1 unspecified atom stereocenters. The molecule has 1 rings (SSSR count). The fourth-order valence-electron chi connectivity index (χ4n) is 1.14. The highest BCUT2D eigenvalue weighted by Crippen LogP contribution is 2.12. The van der Waals surface area contributed by atoms with Crippen molar-refractivity contribution in [3.05, 3.63) is 34.9 Å². The van der Waals surface area contributed by atoms with Crippen LogP contribution in [-0.2, 0) is 11.2 Å². The summed E-state index contributed by atoms with van der Waals surface area (Å²) in [7, 11) is 0. The minimum absolute atomic E-state index is 0.0315. The molecular formula is C10H10ClNO. The molecule has 0 aliphatic heterocycles. The topological polar surface area (TPSA) is 29.4 Å². The number of hydrogen-bond donors (Lipinski definition) is 0. The summed E-state index contributed by atoms with van der Waals surface area (Å²) in [6, 6.07) is 7.51. The molecule has 0 N–H and O–H groups in total. The van der Waals surface area contributed by atoms with Crippen LogP contribution in [0.25, 0.3) is 0 Å². The molecule has 0 aliphatic carbocycles. The number of rotatable bonds is 3. The average Bonchev–Trinajstić information content (AvgIpc) is 2.04. The molecule has 1 aromatic carbocycles. The molecule has 0 bridgehead atoms. The zero-order valence-electron chi connectivity index (χ0n) is 7.33. The van der Waals surface area contributed by atoms with E-state index in [-0.39, 0.29) is 6.04 Å². The first-order chi connectivity index (χ1) is 6.22. The minimum atomic E-state index is -0.0315. The normalized spacial score (nSPS) is 11.8. The first-order valence-corrected chi connectivity index (χ1v) is 4.41. The minimum Gasteiger partial charge on any atom is -0.211 e. The van der Waals surface area contributed by atoms with Crippen molar-refractivity contribution in [3.63, 3.8) is 0 Å². The van der Waals surface area contributed by atoms with Gasteiger partial charge in [0.15, 0.2) is 0 Å². The Hall–Kier alpha value is -1.11. The molecule has 0 spiro atoms. The van der Waals surface area contributed by atoms with Crippen LogP contribution in [0.3, 0.4) is 0 Å². The zero-order valence-corrected chi connectivity index (χ0v) is 8.08. The summed E-state index contributed by atoms with van der Waals surface area (Å²) < 4.78 is 0. The van der Waals surface area contributed by atoms with E-state index in [0.717, 1.165) is 12.0 Å². The molecular weight excluding hydrogens is 186 g/mol. The molecule has 13 heavy (non-hydrogen) atoms. The summed E-state index contributed by atoms with van der Waals surface area (Å²) in [4.78, 5) is 13.6. The van der Waals surface area contributed by atoms with E-state index in [1.54, 1.807) is 6.08 Å². The summed E-state index contributed by atoms with van der Waals surface area (Å²) in [5.41, 5.74) is 1.08. The lowest BCUT2D eigenvalue weighted by atomic mass is 10.1. The van der Waals surface area contributed by atoms with Gasteiger partial charge in [-0.3, -0.25) is 0 Å². The summed E-state index contributed by atoms with van der Waals surface area (Å²) in [6.45, 7) is 1.87. The highest BCUT2D eigenvalue weighted by Gasteiger charge is 2.01. The first-order valence-electron chi connectivity index (χ1n) is 4.04. The van der Waals surface area contributed by atoms with Crippen LogP contribution in [0.15, 0.2) is 29.3 Å². The van der Waals surface area contributed by atoms with Crippen molar-refractivity contribution in [2.24, 2.45) is 4.99 Å². The Kier molecular flexibility index (Phi) is 3.69. The van der Waals surface area contributed by atoms with E-state index in [9.17, 15) is 4.79 Å². The summed E-state index contributed by atoms with van der Waals surface area (Å²) in [6.07, 6.45) is 2.26. The number of benzene rings is 1. The van der Waals surface area contributed by atoms with E-state index in [4.69, 9.17) is 11.6 Å². The van der Waals surface area contributed by atoms with Gasteiger partial charge in [-0.2, -0.15) is 0 Å². The van der Waals surface area contributed by atoms with Crippen LogP contribution in [-0.4, -0.2) is 12.1 Å². The van der Waals surface area contributed by atoms with Crippen molar-refractivity contribution in [1.82, 2.24) is 0 Å². The molecule has 1 aromatic rings.